The lowest BCUT2D eigenvalue weighted by atomic mass is 9.87. The molecule has 0 bridgehead atoms. The first-order chi connectivity index (χ1) is 28.3. The summed E-state index contributed by atoms with van der Waals surface area (Å²) in [7, 11) is 0. The SMILES string of the molecule is c1ccc(-c2nc3ccccc3n2-c2cc(-c3cc4ccc5ccccc5c4c4ccccc34)cc(-c3cc4ccc5ccccc5c4c4ccccc34)c2)cc1. The van der Waals surface area contributed by atoms with Gasteiger partial charge in [-0.1, -0.05) is 164 Å². The Labute approximate surface area is 329 Å². The third-order valence-corrected chi connectivity index (χ3v) is 11.9. The van der Waals surface area contributed by atoms with E-state index in [1.807, 2.05) is 0 Å². The summed E-state index contributed by atoms with van der Waals surface area (Å²) in [6.45, 7) is 0. The molecule has 0 unspecified atom stereocenters. The molecule has 2 nitrogen and oxygen atoms in total. The van der Waals surface area contributed by atoms with E-state index in [9.17, 15) is 0 Å². The van der Waals surface area contributed by atoms with Crippen LogP contribution in [0, 0.1) is 0 Å². The van der Waals surface area contributed by atoms with E-state index in [0.29, 0.717) is 0 Å². The maximum atomic E-state index is 5.27. The third kappa shape index (κ3) is 4.94. The summed E-state index contributed by atoms with van der Waals surface area (Å²) in [5.74, 6) is 0.921. The second kappa shape index (κ2) is 12.5. The van der Waals surface area contributed by atoms with Gasteiger partial charge in [0.1, 0.15) is 5.82 Å². The van der Waals surface area contributed by atoms with Crippen molar-refractivity contribution in [3.63, 3.8) is 0 Å². The van der Waals surface area contributed by atoms with E-state index in [1.54, 1.807) is 0 Å². The molecule has 0 atom stereocenters. The Morgan fingerprint density at radius 2 is 0.772 bits per heavy atom. The van der Waals surface area contributed by atoms with Crippen LogP contribution in [0.3, 0.4) is 0 Å². The van der Waals surface area contributed by atoms with E-state index in [1.165, 1.54) is 75.8 Å². The fourth-order valence-electron chi connectivity index (χ4n) is 9.35. The molecule has 0 aliphatic heterocycles. The normalized spacial score (nSPS) is 11.9. The Morgan fingerprint density at radius 1 is 0.316 bits per heavy atom. The van der Waals surface area contributed by atoms with E-state index in [2.05, 4.69) is 211 Å². The topological polar surface area (TPSA) is 17.8 Å². The molecule has 0 saturated carbocycles. The van der Waals surface area contributed by atoms with Crippen LogP contribution in [-0.4, -0.2) is 9.55 Å². The molecule has 0 spiro atoms. The van der Waals surface area contributed by atoms with Crippen molar-refractivity contribution >= 4 is 75.7 Å². The van der Waals surface area contributed by atoms with Crippen molar-refractivity contribution in [1.82, 2.24) is 9.55 Å². The molecule has 0 amide bonds. The Hall–Kier alpha value is -7.55. The molecular weight excluding hydrogens is 689 g/mol. The molecule has 0 aliphatic carbocycles. The van der Waals surface area contributed by atoms with Gasteiger partial charge in [0.15, 0.2) is 0 Å². The highest BCUT2D eigenvalue weighted by Gasteiger charge is 2.20. The molecule has 264 valence electrons. The van der Waals surface area contributed by atoms with Gasteiger partial charge >= 0.3 is 0 Å². The van der Waals surface area contributed by atoms with Crippen LogP contribution < -0.4 is 0 Å². The fourth-order valence-corrected chi connectivity index (χ4v) is 9.35. The third-order valence-electron chi connectivity index (χ3n) is 11.9. The van der Waals surface area contributed by atoms with Crippen molar-refractivity contribution in [1.29, 1.82) is 0 Å². The van der Waals surface area contributed by atoms with Gasteiger partial charge in [0.2, 0.25) is 0 Å². The number of hydrogen-bond acceptors (Lipinski definition) is 1. The van der Waals surface area contributed by atoms with E-state index in [4.69, 9.17) is 4.98 Å². The highest BCUT2D eigenvalue weighted by atomic mass is 15.1. The van der Waals surface area contributed by atoms with Gasteiger partial charge in [-0.25, -0.2) is 4.98 Å². The smallest absolute Gasteiger partial charge is 0.145 e. The predicted octanol–water partition coefficient (Wildman–Crippen LogP) is 14.9. The molecule has 12 aromatic rings. The van der Waals surface area contributed by atoms with Gasteiger partial charge in [-0.3, -0.25) is 4.57 Å². The second-order valence-electron chi connectivity index (χ2n) is 15.1. The van der Waals surface area contributed by atoms with Crippen molar-refractivity contribution in [3.8, 4) is 39.3 Å². The molecule has 2 heteroatoms. The lowest BCUT2D eigenvalue weighted by Crippen LogP contribution is -1.99. The molecule has 0 radical (unpaired) electrons. The monoisotopic (exact) mass is 722 g/mol. The molecule has 0 aliphatic rings. The van der Waals surface area contributed by atoms with E-state index >= 15 is 0 Å². The lowest BCUT2D eigenvalue weighted by Gasteiger charge is -2.18. The minimum atomic E-state index is 0.921. The summed E-state index contributed by atoms with van der Waals surface area (Å²) in [6.07, 6.45) is 0. The fraction of sp³-hybridized carbons (Fsp3) is 0. The van der Waals surface area contributed by atoms with Crippen LogP contribution in [0.4, 0.5) is 0 Å². The molecule has 11 aromatic carbocycles. The predicted molar refractivity (Wildman–Crippen MR) is 242 cm³/mol. The molecule has 0 N–H and O–H groups in total. The highest BCUT2D eigenvalue weighted by molar-refractivity contribution is 6.25. The van der Waals surface area contributed by atoms with Gasteiger partial charge in [0.05, 0.1) is 11.0 Å². The van der Waals surface area contributed by atoms with Gasteiger partial charge in [-0.05, 0) is 129 Å². The first kappa shape index (κ1) is 31.8. The largest absolute Gasteiger partial charge is 0.292 e. The van der Waals surface area contributed by atoms with Crippen molar-refractivity contribution in [2.24, 2.45) is 0 Å². The summed E-state index contributed by atoms with van der Waals surface area (Å²) >= 11 is 0. The van der Waals surface area contributed by atoms with Gasteiger partial charge in [-0.15, -0.1) is 0 Å². The molecule has 0 fully saturated rings. The summed E-state index contributed by atoms with van der Waals surface area (Å²) in [6, 6.07) is 75.4. The van der Waals surface area contributed by atoms with Crippen molar-refractivity contribution in [2.45, 2.75) is 0 Å². The van der Waals surface area contributed by atoms with Gasteiger partial charge in [0.25, 0.3) is 0 Å². The number of nitrogens with zero attached hydrogens (tertiary/aromatic N) is 2. The zero-order chi connectivity index (χ0) is 37.5. The Kier molecular flexibility index (Phi) is 6.96. The quantitative estimate of drug-likeness (QED) is 0.165. The molecule has 1 aromatic heterocycles. The number of imidazole rings is 1. The zero-order valence-corrected chi connectivity index (χ0v) is 31.0. The van der Waals surface area contributed by atoms with E-state index < -0.39 is 0 Å². The van der Waals surface area contributed by atoms with Crippen molar-refractivity contribution in [3.05, 3.63) is 206 Å². The molecule has 1 heterocycles. The van der Waals surface area contributed by atoms with Gasteiger partial charge < -0.3 is 0 Å². The van der Waals surface area contributed by atoms with E-state index in [0.717, 1.165) is 39.2 Å². The van der Waals surface area contributed by atoms with Crippen LogP contribution in [0.15, 0.2) is 206 Å². The zero-order valence-electron chi connectivity index (χ0n) is 31.0. The van der Waals surface area contributed by atoms with Crippen molar-refractivity contribution in [2.75, 3.05) is 0 Å². The summed E-state index contributed by atoms with van der Waals surface area (Å²) in [5, 5.41) is 15.1. The minimum Gasteiger partial charge on any atom is -0.292 e. The first-order valence-electron chi connectivity index (χ1n) is 19.6. The molecular formula is C55H34N2. The second-order valence-corrected chi connectivity index (χ2v) is 15.1. The lowest BCUT2D eigenvalue weighted by molar-refractivity contribution is 1.10. The maximum Gasteiger partial charge on any atom is 0.145 e. The van der Waals surface area contributed by atoms with Gasteiger partial charge in [0, 0.05) is 11.3 Å². The van der Waals surface area contributed by atoms with Crippen LogP contribution in [-0.2, 0) is 0 Å². The van der Waals surface area contributed by atoms with E-state index in [-0.39, 0.29) is 0 Å². The molecule has 57 heavy (non-hydrogen) atoms. The molecule has 0 saturated heterocycles. The number of aromatic nitrogens is 2. The van der Waals surface area contributed by atoms with Crippen LogP contribution in [0.25, 0.3) is 115 Å². The number of para-hydroxylation sites is 2. The average molecular weight is 723 g/mol. The van der Waals surface area contributed by atoms with Gasteiger partial charge in [-0.2, -0.15) is 0 Å². The number of rotatable bonds is 4. The number of benzene rings is 11. The Bertz CT molecular complexity index is 3400. The highest BCUT2D eigenvalue weighted by Crippen LogP contribution is 2.44. The van der Waals surface area contributed by atoms with Crippen LogP contribution >= 0.6 is 0 Å². The molecule has 12 rings (SSSR count). The maximum absolute atomic E-state index is 5.27. The number of hydrogen-bond donors (Lipinski definition) is 0. The van der Waals surface area contributed by atoms with Crippen LogP contribution in [0.1, 0.15) is 0 Å². The summed E-state index contributed by atoms with van der Waals surface area (Å²) in [4.78, 5) is 5.27. The van der Waals surface area contributed by atoms with Crippen LogP contribution in [0.2, 0.25) is 0 Å². The number of fused-ring (bicyclic) bond motifs is 11. The minimum absolute atomic E-state index is 0.921. The van der Waals surface area contributed by atoms with Crippen molar-refractivity contribution < 1.29 is 0 Å². The first-order valence-corrected chi connectivity index (χ1v) is 19.6. The standard InChI is InChI=1S/C55H34N2/c1-2-16-37(17-3-1)55-56-51-24-12-13-25-52(51)57(55)42-31-40(49-33-38-28-26-35-14-4-6-18-43(35)53(38)47-22-10-8-20-45(47)49)30-41(32-42)50-34-39-29-27-36-15-5-7-19-44(36)54(39)48-23-11-9-21-46(48)50/h1-34H. The Balaban J connectivity index is 1.21. The average Bonchev–Trinajstić information content (AvgIpc) is 3.68. The summed E-state index contributed by atoms with van der Waals surface area (Å²) < 4.78 is 2.35. The van der Waals surface area contributed by atoms with Crippen LogP contribution in [0.5, 0.6) is 0 Å². The summed E-state index contributed by atoms with van der Waals surface area (Å²) in [5.41, 5.74) is 8.92. The Morgan fingerprint density at radius 3 is 1.35 bits per heavy atom.